The summed E-state index contributed by atoms with van der Waals surface area (Å²) in [5.41, 5.74) is 10.9. The van der Waals surface area contributed by atoms with Gasteiger partial charge in [-0.25, -0.2) is 15.0 Å². The molecular formula is C21H18BrN5OS. The number of aromatic nitrogens is 3. The Bertz CT molecular complexity index is 1170. The van der Waals surface area contributed by atoms with Crippen molar-refractivity contribution in [1.29, 1.82) is 0 Å². The number of hydrogen-bond donors (Lipinski definition) is 1. The van der Waals surface area contributed by atoms with Crippen LogP contribution in [0.15, 0.2) is 52.6 Å². The monoisotopic (exact) mass is 467 g/mol. The molecule has 0 bridgehead atoms. The number of benzene rings is 1. The van der Waals surface area contributed by atoms with E-state index in [0.717, 1.165) is 57.9 Å². The van der Waals surface area contributed by atoms with Gasteiger partial charge in [0.1, 0.15) is 12.1 Å². The molecule has 1 aliphatic heterocycles. The van der Waals surface area contributed by atoms with E-state index in [9.17, 15) is 0 Å². The van der Waals surface area contributed by atoms with Crippen LogP contribution in [-0.4, -0.2) is 41.3 Å². The largest absolute Gasteiger partial charge is 0.383 e. The van der Waals surface area contributed by atoms with Gasteiger partial charge in [-0.15, -0.1) is 11.3 Å². The number of pyridine rings is 1. The molecule has 6 nitrogen and oxygen atoms in total. The summed E-state index contributed by atoms with van der Waals surface area (Å²) in [4.78, 5) is 16.8. The van der Waals surface area contributed by atoms with Gasteiger partial charge in [0.05, 0.1) is 24.3 Å². The molecule has 3 aromatic heterocycles. The Labute approximate surface area is 180 Å². The second kappa shape index (κ2) is 7.70. The molecule has 2 N–H and O–H groups in total. The van der Waals surface area contributed by atoms with Crippen LogP contribution in [0.5, 0.6) is 0 Å². The first kappa shape index (κ1) is 18.5. The number of morpholine rings is 1. The van der Waals surface area contributed by atoms with Crippen molar-refractivity contribution < 1.29 is 4.74 Å². The highest BCUT2D eigenvalue weighted by Gasteiger charge is 2.16. The first-order chi connectivity index (χ1) is 14.2. The molecule has 5 rings (SSSR count). The highest BCUT2D eigenvalue weighted by atomic mass is 79.9. The maximum Gasteiger partial charge on any atom is 0.165 e. The lowest BCUT2D eigenvalue weighted by Crippen LogP contribution is -2.36. The average Bonchev–Trinajstić information content (AvgIpc) is 3.20. The van der Waals surface area contributed by atoms with Gasteiger partial charge in [0.2, 0.25) is 0 Å². The predicted octanol–water partition coefficient (Wildman–Crippen LogP) is 4.60. The number of ether oxygens (including phenoxy) is 1. The van der Waals surface area contributed by atoms with Gasteiger partial charge in [0.25, 0.3) is 0 Å². The van der Waals surface area contributed by atoms with Gasteiger partial charge in [-0.1, -0.05) is 12.1 Å². The van der Waals surface area contributed by atoms with Crippen LogP contribution in [0.2, 0.25) is 0 Å². The van der Waals surface area contributed by atoms with Gasteiger partial charge in [-0.2, -0.15) is 0 Å². The number of thiophene rings is 1. The van der Waals surface area contributed by atoms with Crippen molar-refractivity contribution >= 4 is 49.8 Å². The van der Waals surface area contributed by atoms with E-state index >= 15 is 0 Å². The zero-order chi connectivity index (χ0) is 19.8. The molecule has 0 amide bonds. The topological polar surface area (TPSA) is 77.2 Å². The van der Waals surface area contributed by atoms with Crippen molar-refractivity contribution in [1.82, 2.24) is 15.0 Å². The zero-order valence-corrected chi connectivity index (χ0v) is 17.9. The van der Waals surface area contributed by atoms with Gasteiger partial charge in [0.15, 0.2) is 5.65 Å². The van der Waals surface area contributed by atoms with Crippen LogP contribution in [0.4, 0.5) is 11.5 Å². The Morgan fingerprint density at radius 3 is 2.59 bits per heavy atom. The van der Waals surface area contributed by atoms with E-state index in [4.69, 9.17) is 15.5 Å². The van der Waals surface area contributed by atoms with Crippen LogP contribution < -0.4 is 10.6 Å². The van der Waals surface area contributed by atoms with Gasteiger partial charge >= 0.3 is 0 Å². The third-order valence-electron chi connectivity index (χ3n) is 5.01. The number of fused-ring (bicyclic) bond motifs is 1. The smallest absolute Gasteiger partial charge is 0.165 e. The summed E-state index contributed by atoms with van der Waals surface area (Å²) in [6.45, 7) is 3.38. The summed E-state index contributed by atoms with van der Waals surface area (Å²) >= 11 is 5.19. The number of halogens is 1. The highest BCUT2D eigenvalue weighted by molar-refractivity contribution is 9.10. The number of nitrogen functional groups attached to an aromatic ring is 1. The lowest BCUT2D eigenvalue weighted by molar-refractivity contribution is 0.122. The minimum atomic E-state index is 0.441. The Kier molecular flexibility index (Phi) is 4.91. The van der Waals surface area contributed by atoms with Crippen LogP contribution in [0, 0.1) is 0 Å². The van der Waals surface area contributed by atoms with Gasteiger partial charge in [0, 0.05) is 44.6 Å². The maximum atomic E-state index is 6.18. The van der Waals surface area contributed by atoms with Gasteiger partial charge in [-0.05, 0) is 40.2 Å². The summed E-state index contributed by atoms with van der Waals surface area (Å²) < 4.78 is 6.48. The fourth-order valence-corrected chi connectivity index (χ4v) is 5.00. The van der Waals surface area contributed by atoms with E-state index in [1.807, 2.05) is 0 Å². The van der Waals surface area contributed by atoms with Crippen molar-refractivity contribution in [3.05, 3.63) is 52.6 Å². The molecule has 4 heterocycles. The molecule has 0 unspecified atom stereocenters. The molecule has 1 aromatic carbocycles. The van der Waals surface area contributed by atoms with Crippen LogP contribution in [0.3, 0.4) is 0 Å². The van der Waals surface area contributed by atoms with Crippen LogP contribution in [0.1, 0.15) is 0 Å². The molecule has 0 aliphatic carbocycles. The first-order valence-electron chi connectivity index (χ1n) is 9.28. The van der Waals surface area contributed by atoms with Crippen molar-refractivity contribution in [2.45, 2.75) is 0 Å². The molecule has 29 heavy (non-hydrogen) atoms. The molecule has 1 aliphatic rings. The molecule has 8 heteroatoms. The van der Waals surface area contributed by atoms with Crippen molar-refractivity contribution in [3.63, 3.8) is 0 Å². The van der Waals surface area contributed by atoms with Crippen molar-refractivity contribution in [2.75, 3.05) is 36.9 Å². The molecule has 146 valence electrons. The molecule has 0 radical (unpaired) electrons. The van der Waals surface area contributed by atoms with E-state index in [0.29, 0.717) is 11.5 Å². The number of rotatable bonds is 3. The number of nitrogens with zero attached hydrogens (tertiary/aromatic N) is 4. The zero-order valence-electron chi connectivity index (χ0n) is 15.5. The van der Waals surface area contributed by atoms with Gasteiger partial charge in [-0.3, -0.25) is 0 Å². The Morgan fingerprint density at radius 2 is 1.86 bits per heavy atom. The summed E-state index contributed by atoms with van der Waals surface area (Å²) in [5.74, 6) is 0.441. The SMILES string of the molecule is Nc1ncnc2nc(-c3ccc(N4CCOCC4)cc3)cc(-c3cc(Br)cs3)c12. The third kappa shape index (κ3) is 3.59. The van der Waals surface area contributed by atoms with E-state index < -0.39 is 0 Å². The van der Waals surface area contributed by atoms with E-state index in [2.05, 4.69) is 72.6 Å². The lowest BCUT2D eigenvalue weighted by atomic mass is 10.0. The summed E-state index contributed by atoms with van der Waals surface area (Å²) in [5, 5.41) is 2.84. The quantitative estimate of drug-likeness (QED) is 0.474. The molecule has 1 saturated heterocycles. The Balaban J connectivity index is 1.60. The van der Waals surface area contributed by atoms with E-state index in [-0.39, 0.29) is 0 Å². The minimum absolute atomic E-state index is 0.441. The molecule has 0 atom stereocenters. The second-order valence-electron chi connectivity index (χ2n) is 6.79. The second-order valence-corrected chi connectivity index (χ2v) is 8.61. The number of anilines is 2. The third-order valence-corrected chi connectivity index (χ3v) is 6.73. The molecule has 0 spiro atoms. The predicted molar refractivity (Wildman–Crippen MR) is 121 cm³/mol. The van der Waals surface area contributed by atoms with Crippen LogP contribution in [0.25, 0.3) is 32.7 Å². The molecule has 4 aromatic rings. The highest BCUT2D eigenvalue weighted by Crippen LogP contribution is 2.38. The fraction of sp³-hybridized carbons (Fsp3) is 0.190. The fourth-order valence-electron chi connectivity index (χ4n) is 3.55. The molecule has 1 fully saturated rings. The van der Waals surface area contributed by atoms with Crippen LogP contribution >= 0.6 is 27.3 Å². The van der Waals surface area contributed by atoms with E-state index in [1.165, 1.54) is 12.0 Å². The lowest BCUT2D eigenvalue weighted by Gasteiger charge is -2.28. The Morgan fingerprint density at radius 1 is 1.07 bits per heavy atom. The van der Waals surface area contributed by atoms with Gasteiger partial charge < -0.3 is 15.4 Å². The average molecular weight is 468 g/mol. The molecular weight excluding hydrogens is 450 g/mol. The standard InChI is InChI=1S/C21H18BrN5OS/c22-14-9-18(29-11-14)16-10-17(26-21-19(16)20(23)24-12-25-21)13-1-3-15(4-2-13)27-5-7-28-8-6-27/h1-4,9-12H,5-8H2,(H2,23,24,25,26). The van der Waals surface area contributed by atoms with Crippen molar-refractivity contribution in [3.8, 4) is 21.7 Å². The minimum Gasteiger partial charge on any atom is -0.383 e. The first-order valence-corrected chi connectivity index (χ1v) is 10.9. The maximum absolute atomic E-state index is 6.18. The Hall–Kier alpha value is -2.55. The van der Waals surface area contributed by atoms with Crippen LogP contribution in [-0.2, 0) is 4.74 Å². The number of nitrogens with two attached hydrogens (primary N) is 1. The van der Waals surface area contributed by atoms with E-state index in [1.54, 1.807) is 11.3 Å². The number of hydrogen-bond acceptors (Lipinski definition) is 7. The summed E-state index contributed by atoms with van der Waals surface area (Å²) in [6, 6.07) is 12.7. The summed E-state index contributed by atoms with van der Waals surface area (Å²) in [6.07, 6.45) is 1.46. The van der Waals surface area contributed by atoms with Crippen molar-refractivity contribution in [2.24, 2.45) is 0 Å². The molecule has 0 saturated carbocycles. The summed E-state index contributed by atoms with van der Waals surface area (Å²) in [7, 11) is 0. The normalized spacial score (nSPS) is 14.4.